The maximum atomic E-state index is 5.67. The molecule has 0 bridgehead atoms. The molecule has 0 atom stereocenters. The molecule has 0 fully saturated rings. The van der Waals surface area contributed by atoms with Crippen LogP contribution in [0.25, 0.3) is 10.9 Å². The number of nitrogen functional groups attached to an aromatic ring is 1. The van der Waals surface area contributed by atoms with Gasteiger partial charge in [-0.3, -0.25) is 5.43 Å². The van der Waals surface area contributed by atoms with E-state index in [4.69, 9.17) is 15.3 Å². The summed E-state index contributed by atoms with van der Waals surface area (Å²) in [6, 6.07) is 7.63. The second kappa shape index (κ2) is 7.02. The first-order chi connectivity index (χ1) is 9.70. The van der Waals surface area contributed by atoms with Gasteiger partial charge in [0, 0.05) is 6.61 Å². The van der Waals surface area contributed by atoms with Crippen LogP contribution in [0, 0.1) is 5.92 Å². The summed E-state index contributed by atoms with van der Waals surface area (Å²) >= 11 is 0. The Morgan fingerprint density at radius 1 is 1.20 bits per heavy atom. The van der Waals surface area contributed by atoms with Crippen molar-refractivity contribution in [2.75, 3.05) is 25.2 Å². The first-order valence-corrected chi connectivity index (χ1v) is 6.64. The second-order valence-corrected chi connectivity index (χ2v) is 4.83. The highest BCUT2D eigenvalue weighted by atomic mass is 16.5. The van der Waals surface area contributed by atoms with E-state index in [9.17, 15) is 0 Å². The molecule has 2 aromatic rings. The van der Waals surface area contributed by atoms with E-state index in [1.165, 1.54) is 0 Å². The van der Waals surface area contributed by atoms with Crippen LogP contribution in [-0.4, -0.2) is 29.8 Å². The fourth-order valence-electron chi connectivity index (χ4n) is 1.74. The molecule has 6 heteroatoms. The lowest BCUT2D eigenvalue weighted by molar-refractivity contribution is 0.0811. The van der Waals surface area contributed by atoms with Crippen LogP contribution in [0.4, 0.5) is 5.95 Å². The van der Waals surface area contributed by atoms with Crippen molar-refractivity contribution in [1.29, 1.82) is 0 Å². The van der Waals surface area contributed by atoms with Crippen molar-refractivity contribution >= 4 is 16.9 Å². The summed E-state index contributed by atoms with van der Waals surface area (Å²) in [5, 5.41) is 0.857. The number of fused-ring (bicyclic) bond motifs is 1. The van der Waals surface area contributed by atoms with Crippen molar-refractivity contribution in [3.05, 3.63) is 24.3 Å². The van der Waals surface area contributed by atoms with E-state index in [-0.39, 0.29) is 0 Å². The second-order valence-electron chi connectivity index (χ2n) is 4.83. The molecule has 1 aromatic heterocycles. The van der Waals surface area contributed by atoms with Gasteiger partial charge < -0.3 is 9.47 Å². The lowest BCUT2D eigenvalue weighted by atomic mass is 10.2. The largest absolute Gasteiger partial charge is 0.475 e. The summed E-state index contributed by atoms with van der Waals surface area (Å²) in [5.74, 6) is 6.73. The Bertz CT molecular complexity index is 560. The number of benzene rings is 1. The van der Waals surface area contributed by atoms with Gasteiger partial charge in [0.25, 0.3) is 0 Å². The first kappa shape index (κ1) is 14.5. The van der Waals surface area contributed by atoms with Gasteiger partial charge in [0.05, 0.1) is 17.5 Å². The number of nitrogens with two attached hydrogens (primary N) is 1. The number of ether oxygens (including phenoxy) is 2. The molecule has 0 radical (unpaired) electrons. The molecular weight excluding hydrogens is 256 g/mol. The van der Waals surface area contributed by atoms with Crippen LogP contribution >= 0.6 is 0 Å². The van der Waals surface area contributed by atoms with Gasteiger partial charge >= 0.3 is 0 Å². The van der Waals surface area contributed by atoms with E-state index >= 15 is 0 Å². The van der Waals surface area contributed by atoms with Crippen LogP contribution in [0.15, 0.2) is 24.3 Å². The van der Waals surface area contributed by atoms with E-state index in [2.05, 4.69) is 29.2 Å². The number of anilines is 1. The number of hydrogen-bond acceptors (Lipinski definition) is 6. The topological polar surface area (TPSA) is 82.3 Å². The van der Waals surface area contributed by atoms with E-state index in [1.54, 1.807) is 0 Å². The number of aromatic nitrogens is 2. The van der Waals surface area contributed by atoms with Crippen LogP contribution in [0.3, 0.4) is 0 Å². The monoisotopic (exact) mass is 276 g/mol. The minimum absolute atomic E-state index is 0.335. The molecular formula is C14H20N4O2. The summed E-state index contributed by atoms with van der Waals surface area (Å²) in [5.41, 5.74) is 3.23. The van der Waals surface area contributed by atoms with Gasteiger partial charge in [-0.2, -0.15) is 4.98 Å². The molecule has 2 rings (SSSR count). The SMILES string of the molecule is CC(C)COCCOc1nc(NN)nc2ccccc12. The third-order valence-corrected chi connectivity index (χ3v) is 2.61. The number of hydrogen-bond donors (Lipinski definition) is 2. The molecule has 0 amide bonds. The van der Waals surface area contributed by atoms with Crippen LogP contribution in [0.5, 0.6) is 5.88 Å². The highest BCUT2D eigenvalue weighted by Gasteiger charge is 2.07. The molecule has 0 saturated heterocycles. The summed E-state index contributed by atoms with van der Waals surface area (Å²) in [6.07, 6.45) is 0. The lowest BCUT2D eigenvalue weighted by Gasteiger charge is -2.10. The Morgan fingerprint density at radius 3 is 2.75 bits per heavy atom. The van der Waals surface area contributed by atoms with Crippen molar-refractivity contribution in [3.63, 3.8) is 0 Å². The molecule has 108 valence electrons. The average molecular weight is 276 g/mol. The quantitative estimate of drug-likeness (QED) is 0.457. The van der Waals surface area contributed by atoms with Crippen molar-refractivity contribution < 1.29 is 9.47 Å². The molecule has 0 spiro atoms. The number of para-hydroxylation sites is 1. The first-order valence-electron chi connectivity index (χ1n) is 6.64. The van der Waals surface area contributed by atoms with Gasteiger partial charge in [0.15, 0.2) is 0 Å². The zero-order valence-corrected chi connectivity index (χ0v) is 11.8. The summed E-state index contributed by atoms with van der Waals surface area (Å²) < 4.78 is 11.1. The Kier molecular flexibility index (Phi) is 5.09. The third kappa shape index (κ3) is 3.79. The summed E-state index contributed by atoms with van der Waals surface area (Å²) in [7, 11) is 0. The lowest BCUT2D eigenvalue weighted by Crippen LogP contribution is -2.13. The minimum atomic E-state index is 0.335. The molecule has 20 heavy (non-hydrogen) atoms. The highest BCUT2D eigenvalue weighted by molar-refractivity contribution is 5.84. The molecule has 3 N–H and O–H groups in total. The number of hydrazine groups is 1. The fourth-order valence-corrected chi connectivity index (χ4v) is 1.74. The predicted molar refractivity (Wildman–Crippen MR) is 78.5 cm³/mol. The zero-order valence-electron chi connectivity index (χ0n) is 11.8. The van der Waals surface area contributed by atoms with Crippen molar-refractivity contribution in [2.45, 2.75) is 13.8 Å². The van der Waals surface area contributed by atoms with Gasteiger partial charge in [-0.1, -0.05) is 26.0 Å². The molecule has 6 nitrogen and oxygen atoms in total. The molecule has 0 aliphatic carbocycles. The van der Waals surface area contributed by atoms with E-state index in [0.717, 1.165) is 17.5 Å². The maximum absolute atomic E-state index is 5.67. The summed E-state index contributed by atoms with van der Waals surface area (Å²) in [6.45, 7) is 5.92. The fraction of sp³-hybridized carbons (Fsp3) is 0.429. The smallest absolute Gasteiger partial charge is 0.241 e. The molecule has 0 saturated carbocycles. The van der Waals surface area contributed by atoms with Crippen LogP contribution in [0.1, 0.15) is 13.8 Å². The Labute approximate surface area is 118 Å². The Hall–Kier alpha value is -1.92. The molecule has 1 heterocycles. The normalized spacial score (nSPS) is 11.0. The minimum Gasteiger partial charge on any atom is -0.475 e. The number of rotatable bonds is 7. The number of nitrogens with one attached hydrogen (secondary N) is 1. The van der Waals surface area contributed by atoms with Crippen LogP contribution < -0.4 is 16.0 Å². The van der Waals surface area contributed by atoms with Gasteiger partial charge in [0.2, 0.25) is 11.8 Å². The Morgan fingerprint density at radius 2 is 2.00 bits per heavy atom. The molecule has 1 aromatic carbocycles. The van der Waals surface area contributed by atoms with Gasteiger partial charge in [0.1, 0.15) is 6.61 Å². The maximum Gasteiger partial charge on any atom is 0.241 e. The van der Waals surface area contributed by atoms with Crippen LogP contribution in [-0.2, 0) is 4.74 Å². The van der Waals surface area contributed by atoms with E-state index in [1.807, 2.05) is 24.3 Å². The van der Waals surface area contributed by atoms with Crippen molar-refractivity contribution in [3.8, 4) is 5.88 Å². The van der Waals surface area contributed by atoms with Crippen LogP contribution in [0.2, 0.25) is 0 Å². The Balaban J connectivity index is 2.04. The molecule has 0 aliphatic rings. The molecule has 0 unspecified atom stereocenters. The standard InChI is InChI=1S/C14H20N4O2/c1-10(2)9-19-7-8-20-13-11-5-3-4-6-12(11)16-14(17-13)18-15/h3-6,10H,7-9,15H2,1-2H3,(H,16,17,18). The van der Waals surface area contributed by atoms with Gasteiger partial charge in [-0.15, -0.1) is 0 Å². The molecule has 0 aliphatic heterocycles. The third-order valence-electron chi connectivity index (χ3n) is 2.61. The average Bonchev–Trinajstić information content (AvgIpc) is 2.46. The zero-order chi connectivity index (χ0) is 14.4. The van der Waals surface area contributed by atoms with Gasteiger partial charge in [-0.25, -0.2) is 10.8 Å². The number of nitrogens with zero attached hydrogens (tertiary/aromatic N) is 2. The predicted octanol–water partition coefficient (Wildman–Crippen LogP) is 1.97. The van der Waals surface area contributed by atoms with Crippen molar-refractivity contribution in [1.82, 2.24) is 9.97 Å². The van der Waals surface area contributed by atoms with Crippen molar-refractivity contribution in [2.24, 2.45) is 11.8 Å². The summed E-state index contributed by atoms with van der Waals surface area (Å²) in [4.78, 5) is 8.49. The highest BCUT2D eigenvalue weighted by Crippen LogP contribution is 2.23. The van der Waals surface area contributed by atoms with Gasteiger partial charge in [-0.05, 0) is 18.1 Å². The van der Waals surface area contributed by atoms with E-state index in [0.29, 0.717) is 31.0 Å². The van der Waals surface area contributed by atoms with E-state index < -0.39 is 0 Å².